The van der Waals surface area contributed by atoms with Gasteiger partial charge in [-0.1, -0.05) is 32.8 Å². The van der Waals surface area contributed by atoms with Crippen LogP contribution in [0.25, 0.3) is 0 Å². The zero-order chi connectivity index (χ0) is 18.4. The van der Waals surface area contributed by atoms with Crippen LogP contribution in [0.15, 0.2) is 34.5 Å². The molecule has 2 saturated carbocycles. The summed E-state index contributed by atoms with van der Waals surface area (Å²) in [5, 5.41) is 8.94. The number of carbonyl (C=O) groups excluding carboxylic acids is 1. The van der Waals surface area contributed by atoms with Crippen molar-refractivity contribution in [2.24, 2.45) is 22.0 Å². The van der Waals surface area contributed by atoms with Gasteiger partial charge < -0.3 is 0 Å². The first kappa shape index (κ1) is 18.6. The van der Waals surface area contributed by atoms with Gasteiger partial charge in [-0.2, -0.15) is 10.2 Å². The minimum Gasteiger partial charge on any atom is -0.279 e. The topological polar surface area (TPSA) is 65.8 Å². The van der Waals surface area contributed by atoms with Crippen molar-refractivity contribution in [3.05, 3.63) is 29.8 Å². The molecule has 2 N–H and O–H groups in total. The van der Waals surface area contributed by atoms with E-state index in [0.29, 0.717) is 17.4 Å². The van der Waals surface area contributed by atoms with Gasteiger partial charge >= 0.3 is 0 Å². The molecule has 0 saturated heterocycles. The van der Waals surface area contributed by atoms with Crippen molar-refractivity contribution in [1.82, 2.24) is 5.43 Å². The fraction of sp³-hybridized carbons (Fsp3) is 0.571. The van der Waals surface area contributed by atoms with Gasteiger partial charge in [0.25, 0.3) is 5.91 Å². The molecule has 0 bridgehead atoms. The normalized spacial score (nSPS) is 26.7. The summed E-state index contributed by atoms with van der Waals surface area (Å²) in [5.41, 5.74) is 9.61. The summed E-state index contributed by atoms with van der Waals surface area (Å²) in [4.78, 5) is 12.4. The van der Waals surface area contributed by atoms with Gasteiger partial charge in [0.05, 0.1) is 5.69 Å². The number of amides is 1. The van der Waals surface area contributed by atoms with E-state index in [4.69, 9.17) is 0 Å². The maximum absolute atomic E-state index is 12.4. The highest BCUT2D eigenvalue weighted by molar-refractivity contribution is 5.96. The average molecular weight is 354 g/mol. The second kappa shape index (κ2) is 8.97. The summed E-state index contributed by atoms with van der Waals surface area (Å²) >= 11 is 0. The lowest BCUT2D eigenvalue weighted by Crippen LogP contribution is -2.24. The smallest absolute Gasteiger partial charge is 0.271 e. The number of nitrogens with zero attached hydrogens (tertiary/aromatic N) is 2. The zero-order valence-corrected chi connectivity index (χ0v) is 15.9. The van der Waals surface area contributed by atoms with Gasteiger partial charge in [0.15, 0.2) is 0 Å². The molecule has 0 radical (unpaired) electrons. The van der Waals surface area contributed by atoms with Gasteiger partial charge in [0, 0.05) is 17.0 Å². The number of anilines is 1. The Balaban J connectivity index is 1.62. The van der Waals surface area contributed by atoms with Crippen LogP contribution >= 0.6 is 0 Å². The highest BCUT2D eigenvalue weighted by Crippen LogP contribution is 2.22. The molecule has 0 aromatic heterocycles. The standard InChI is InChI=1S/C21H30N4O/c1-15-8-3-5-12-19(15)23-22-18-11-7-10-17(14-18)21(26)25-24-20-13-6-4-9-16(20)2/h7,10-11,14-16,22H,3-6,8-9,12-13H2,1-2H3,(H,25,26)/b23-19-,24-20+. The lowest BCUT2D eigenvalue weighted by Gasteiger charge is -2.20. The molecule has 0 spiro atoms. The van der Waals surface area contributed by atoms with E-state index >= 15 is 0 Å². The van der Waals surface area contributed by atoms with Crippen molar-refractivity contribution in [3.63, 3.8) is 0 Å². The molecule has 2 aliphatic rings. The predicted octanol–water partition coefficient (Wildman–Crippen LogP) is 4.96. The Hall–Kier alpha value is -2.17. The summed E-state index contributed by atoms with van der Waals surface area (Å²) in [7, 11) is 0. The molecule has 1 aromatic rings. The van der Waals surface area contributed by atoms with Crippen LogP contribution in [-0.2, 0) is 0 Å². The quantitative estimate of drug-likeness (QED) is 0.751. The Morgan fingerprint density at radius 1 is 0.962 bits per heavy atom. The van der Waals surface area contributed by atoms with Crippen molar-refractivity contribution in [2.75, 3.05) is 5.43 Å². The molecule has 2 fully saturated rings. The van der Waals surface area contributed by atoms with Crippen LogP contribution in [0.5, 0.6) is 0 Å². The summed E-state index contributed by atoms with van der Waals surface area (Å²) < 4.78 is 0. The maximum Gasteiger partial charge on any atom is 0.271 e. The van der Waals surface area contributed by atoms with Gasteiger partial charge in [0.1, 0.15) is 0 Å². The number of hydrazone groups is 2. The minimum atomic E-state index is -0.169. The van der Waals surface area contributed by atoms with E-state index in [9.17, 15) is 4.79 Å². The molecule has 5 heteroatoms. The average Bonchev–Trinajstić information content (AvgIpc) is 2.67. The molecule has 0 heterocycles. The van der Waals surface area contributed by atoms with E-state index in [0.717, 1.165) is 37.1 Å². The Morgan fingerprint density at radius 2 is 1.62 bits per heavy atom. The SMILES string of the molecule is CC1CCCC/C1=N/Nc1cccc(C(=O)N/N=C2\CCCCC2C)c1. The minimum absolute atomic E-state index is 0.169. The number of carbonyl (C=O) groups is 1. The highest BCUT2D eigenvalue weighted by atomic mass is 16.2. The third kappa shape index (κ3) is 4.93. The van der Waals surface area contributed by atoms with Gasteiger partial charge in [-0.05, 0) is 68.6 Å². The third-order valence-electron chi connectivity index (χ3n) is 5.53. The molecule has 26 heavy (non-hydrogen) atoms. The zero-order valence-electron chi connectivity index (χ0n) is 15.9. The largest absolute Gasteiger partial charge is 0.279 e. The first-order valence-electron chi connectivity index (χ1n) is 9.93. The molecule has 1 aromatic carbocycles. The van der Waals surface area contributed by atoms with Gasteiger partial charge in [0.2, 0.25) is 0 Å². The number of benzene rings is 1. The predicted molar refractivity (Wildman–Crippen MR) is 108 cm³/mol. The molecule has 2 aliphatic carbocycles. The third-order valence-corrected chi connectivity index (χ3v) is 5.53. The summed E-state index contributed by atoms with van der Waals surface area (Å²) in [6, 6.07) is 7.44. The molecule has 3 rings (SSSR count). The highest BCUT2D eigenvalue weighted by Gasteiger charge is 2.17. The van der Waals surface area contributed by atoms with Crippen molar-refractivity contribution in [3.8, 4) is 0 Å². The van der Waals surface area contributed by atoms with Crippen molar-refractivity contribution < 1.29 is 4.79 Å². The number of rotatable bonds is 4. The van der Waals surface area contributed by atoms with Crippen LogP contribution in [-0.4, -0.2) is 17.3 Å². The van der Waals surface area contributed by atoms with E-state index in [1.165, 1.54) is 31.4 Å². The second-order valence-electron chi connectivity index (χ2n) is 7.63. The number of nitrogens with one attached hydrogen (secondary N) is 2. The van der Waals surface area contributed by atoms with Crippen LogP contribution < -0.4 is 10.9 Å². The monoisotopic (exact) mass is 354 g/mol. The fourth-order valence-corrected chi connectivity index (χ4v) is 3.72. The molecular weight excluding hydrogens is 324 g/mol. The molecule has 5 nitrogen and oxygen atoms in total. The van der Waals surface area contributed by atoms with Crippen LogP contribution in [0.1, 0.15) is 75.6 Å². The summed E-state index contributed by atoms with van der Waals surface area (Å²) in [5.74, 6) is 0.832. The first-order valence-corrected chi connectivity index (χ1v) is 9.93. The molecule has 2 atom stereocenters. The first-order chi connectivity index (χ1) is 12.6. The van der Waals surface area contributed by atoms with Gasteiger partial charge in [-0.3, -0.25) is 10.2 Å². The van der Waals surface area contributed by atoms with Crippen LogP contribution in [0.4, 0.5) is 5.69 Å². The Morgan fingerprint density at radius 3 is 2.27 bits per heavy atom. The Kier molecular flexibility index (Phi) is 6.42. The summed E-state index contributed by atoms with van der Waals surface area (Å²) in [6.07, 6.45) is 9.33. The Bertz CT molecular complexity index is 695. The van der Waals surface area contributed by atoms with Crippen molar-refractivity contribution in [2.45, 2.75) is 65.2 Å². The Labute approximate surface area is 156 Å². The number of hydrogen-bond acceptors (Lipinski definition) is 4. The van der Waals surface area contributed by atoms with Crippen LogP contribution in [0.2, 0.25) is 0 Å². The summed E-state index contributed by atoms with van der Waals surface area (Å²) in [6.45, 7) is 4.41. The lowest BCUT2D eigenvalue weighted by molar-refractivity contribution is 0.0954. The van der Waals surface area contributed by atoms with Crippen LogP contribution in [0, 0.1) is 11.8 Å². The van der Waals surface area contributed by atoms with E-state index in [1.807, 2.05) is 18.2 Å². The van der Waals surface area contributed by atoms with E-state index in [1.54, 1.807) is 6.07 Å². The molecular formula is C21H30N4O. The molecule has 1 amide bonds. The fourth-order valence-electron chi connectivity index (χ4n) is 3.72. The van der Waals surface area contributed by atoms with E-state index in [2.05, 4.69) is 34.9 Å². The lowest BCUT2D eigenvalue weighted by atomic mass is 9.89. The second-order valence-corrected chi connectivity index (χ2v) is 7.63. The van der Waals surface area contributed by atoms with Crippen LogP contribution in [0.3, 0.4) is 0 Å². The maximum atomic E-state index is 12.4. The van der Waals surface area contributed by atoms with E-state index < -0.39 is 0 Å². The van der Waals surface area contributed by atoms with Gasteiger partial charge in [-0.15, -0.1) is 0 Å². The molecule has 0 aliphatic heterocycles. The van der Waals surface area contributed by atoms with Gasteiger partial charge in [-0.25, -0.2) is 5.43 Å². The van der Waals surface area contributed by atoms with E-state index in [-0.39, 0.29) is 5.91 Å². The number of hydrogen-bond donors (Lipinski definition) is 2. The molecule has 140 valence electrons. The van der Waals surface area contributed by atoms with Crippen molar-refractivity contribution in [1.29, 1.82) is 0 Å². The van der Waals surface area contributed by atoms with Crippen molar-refractivity contribution >= 4 is 23.0 Å². The molecule has 2 unspecified atom stereocenters.